The summed E-state index contributed by atoms with van der Waals surface area (Å²) in [6.45, 7) is 0.494. The van der Waals surface area contributed by atoms with Crippen molar-refractivity contribution in [2.24, 2.45) is 7.05 Å². The molecule has 27 heavy (non-hydrogen) atoms. The van der Waals surface area contributed by atoms with Crippen LogP contribution in [0, 0.1) is 0 Å². The minimum absolute atomic E-state index is 0.162. The minimum Gasteiger partial charge on any atom is -0.489 e. The molecule has 3 rings (SSSR count). The van der Waals surface area contributed by atoms with Gasteiger partial charge in [0.15, 0.2) is 5.11 Å². The highest BCUT2D eigenvalue weighted by Gasteiger charge is 2.16. The fraction of sp³-hybridized carbons (Fsp3) is 0.105. The lowest BCUT2D eigenvalue weighted by Crippen LogP contribution is -2.35. The predicted molar refractivity (Wildman–Crippen MR) is 109 cm³/mol. The highest BCUT2D eigenvalue weighted by molar-refractivity contribution is 7.80. The van der Waals surface area contributed by atoms with Crippen LogP contribution >= 0.6 is 23.8 Å². The zero-order chi connectivity index (χ0) is 19.2. The number of ether oxygens (including phenoxy) is 1. The number of anilines is 1. The van der Waals surface area contributed by atoms with E-state index in [1.165, 1.54) is 10.9 Å². The number of aromatic nitrogens is 2. The number of nitrogens with one attached hydrogen (secondary N) is 2. The number of nitrogens with zero attached hydrogens (tertiary/aromatic N) is 2. The minimum atomic E-state index is -0.430. The van der Waals surface area contributed by atoms with Crippen molar-refractivity contribution in [2.45, 2.75) is 6.61 Å². The molecular weight excluding hydrogens is 384 g/mol. The van der Waals surface area contributed by atoms with E-state index in [0.717, 1.165) is 17.0 Å². The Hall–Kier alpha value is -2.90. The SMILES string of the molecule is Cn1ncc(Cl)c1C(=O)NC(=S)Nc1ccc(OCc2ccccc2)cc1. The van der Waals surface area contributed by atoms with Crippen molar-refractivity contribution >= 4 is 40.5 Å². The monoisotopic (exact) mass is 400 g/mol. The maximum Gasteiger partial charge on any atom is 0.277 e. The van der Waals surface area contributed by atoms with Crippen molar-refractivity contribution in [3.63, 3.8) is 0 Å². The molecule has 0 aliphatic rings. The molecule has 0 aliphatic heterocycles. The van der Waals surface area contributed by atoms with Gasteiger partial charge in [0.25, 0.3) is 5.91 Å². The van der Waals surface area contributed by atoms with Crippen molar-refractivity contribution in [2.75, 3.05) is 5.32 Å². The van der Waals surface area contributed by atoms with Gasteiger partial charge >= 0.3 is 0 Å². The normalized spacial score (nSPS) is 10.3. The summed E-state index contributed by atoms with van der Waals surface area (Å²) in [5.74, 6) is 0.307. The Bertz CT molecular complexity index is 923. The zero-order valence-electron chi connectivity index (χ0n) is 14.5. The van der Waals surface area contributed by atoms with Crippen LogP contribution in [0.15, 0.2) is 60.8 Å². The van der Waals surface area contributed by atoms with Gasteiger partial charge < -0.3 is 10.1 Å². The van der Waals surface area contributed by atoms with E-state index in [4.69, 9.17) is 28.6 Å². The van der Waals surface area contributed by atoms with E-state index < -0.39 is 5.91 Å². The maximum atomic E-state index is 12.2. The van der Waals surface area contributed by atoms with Gasteiger partial charge in [-0.05, 0) is 42.0 Å². The number of thiocarbonyl (C=S) groups is 1. The number of halogens is 1. The Balaban J connectivity index is 1.53. The molecule has 8 heteroatoms. The van der Waals surface area contributed by atoms with Crippen LogP contribution in [0.4, 0.5) is 5.69 Å². The average molecular weight is 401 g/mol. The van der Waals surface area contributed by atoms with Gasteiger partial charge in [0, 0.05) is 12.7 Å². The molecule has 3 aromatic rings. The highest BCUT2D eigenvalue weighted by Crippen LogP contribution is 2.17. The lowest BCUT2D eigenvalue weighted by atomic mass is 10.2. The van der Waals surface area contributed by atoms with Gasteiger partial charge in [-0.1, -0.05) is 41.9 Å². The lowest BCUT2D eigenvalue weighted by Gasteiger charge is -2.11. The first-order chi connectivity index (χ1) is 13.0. The first-order valence-electron chi connectivity index (χ1n) is 8.09. The van der Waals surface area contributed by atoms with E-state index in [1.807, 2.05) is 54.6 Å². The quantitative estimate of drug-likeness (QED) is 0.638. The number of benzene rings is 2. The van der Waals surface area contributed by atoms with Crippen molar-refractivity contribution in [1.82, 2.24) is 15.1 Å². The third kappa shape index (κ3) is 5.06. The Labute approximate surface area is 167 Å². The fourth-order valence-corrected chi connectivity index (χ4v) is 2.83. The molecule has 1 aromatic heterocycles. The van der Waals surface area contributed by atoms with Crippen LogP contribution in [0.5, 0.6) is 5.75 Å². The summed E-state index contributed by atoms with van der Waals surface area (Å²) < 4.78 is 7.13. The number of rotatable bonds is 5. The summed E-state index contributed by atoms with van der Waals surface area (Å²) >= 11 is 11.1. The van der Waals surface area contributed by atoms with Crippen LogP contribution in [0.25, 0.3) is 0 Å². The molecular formula is C19H17ClN4O2S. The number of amides is 1. The molecule has 1 amide bonds. The van der Waals surface area contributed by atoms with Crippen LogP contribution in [-0.2, 0) is 13.7 Å². The van der Waals surface area contributed by atoms with Gasteiger partial charge in [-0.3, -0.25) is 14.8 Å². The van der Waals surface area contributed by atoms with Crippen molar-refractivity contribution in [1.29, 1.82) is 0 Å². The summed E-state index contributed by atoms with van der Waals surface area (Å²) in [7, 11) is 1.63. The average Bonchev–Trinajstić information content (AvgIpc) is 3.00. The smallest absolute Gasteiger partial charge is 0.277 e. The van der Waals surface area contributed by atoms with Gasteiger partial charge in [-0.15, -0.1) is 0 Å². The van der Waals surface area contributed by atoms with Gasteiger partial charge in [0.2, 0.25) is 0 Å². The number of aryl methyl sites for hydroxylation is 1. The summed E-state index contributed by atoms with van der Waals surface area (Å²) in [4.78, 5) is 12.2. The number of carbonyl (C=O) groups excluding carboxylic acids is 1. The molecule has 0 aliphatic carbocycles. The van der Waals surface area contributed by atoms with E-state index in [0.29, 0.717) is 6.61 Å². The van der Waals surface area contributed by atoms with Gasteiger partial charge in [-0.2, -0.15) is 5.10 Å². The first kappa shape index (κ1) is 18.9. The molecule has 0 unspecified atom stereocenters. The summed E-state index contributed by atoms with van der Waals surface area (Å²) in [5.41, 5.74) is 2.06. The zero-order valence-corrected chi connectivity index (χ0v) is 16.1. The molecule has 6 nitrogen and oxygen atoms in total. The van der Waals surface area contributed by atoms with E-state index in [-0.39, 0.29) is 15.8 Å². The number of hydrogen-bond donors (Lipinski definition) is 2. The maximum absolute atomic E-state index is 12.2. The van der Waals surface area contributed by atoms with Crippen molar-refractivity contribution in [3.05, 3.63) is 77.1 Å². The number of carbonyl (C=O) groups is 1. The Morgan fingerprint density at radius 2 is 1.89 bits per heavy atom. The van der Waals surface area contributed by atoms with Crippen molar-refractivity contribution in [3.8, 4) is 5.75 Å². The first-order valence-corrected chi connectivity index (χ1v) is 8.88. The molecule has 1 heterocycles. The Morgan fingerprint density at radius 1 is 1.19 bits per heavy atom. The van der Waals surface area contributed by atoms with Crippen LogP contribution in [0.3, 0.4) is 0 Å². The molecule has 0 spiro atoms. The molecule has 138 valence electrons. The van der Waals surface area contributed by atoms with Crippen LogP contribution < -0.4 is 15.4 Å². The molecule has 2 N–H and O–H groups in total. The van der Waals surface area contributed by atoms with Crippen LogP contribution in [-0.4, -0.2) is 20.8 Å². The van der Waals surface area contributed by atoms with Crippen LogP contribution in [0.2, 0.25) is 5.02 Å². The Kier molecular flexibility index (Phi) is 6.05. The lowest BCUT2D eigenvalue weighted by molar-refractivity contribution is 0.0968. The van der Waals surface area contributed by atoms with Gasteiger partial charge in [0.1, 0.15) is 18.1 Å². The molecule has 0 bridgehead atoms. The molecule has 0 atom stereocenters. The topological polar surface area (TPSA) is 68.2 Å². The Morgan fingerprint density at radius 3 is 2.52 bits per heavy atom. The largest absolute Gasteiger partial charge is 0.489 e. The van der Waals surface area contributed by atoms with E-state index in [2.05, 4.69) is 15.7 Å². The van der Waals surface area contributed by atoms with Gasteiger partial charge in [0.05, 0.1) is 11.2 Å². The van der Waals surface area contributed by atoms with E-state index >= 15 is 0 Å². The second-order valence-electron chi connectivity index (χ2n) is 5.67. The third-order valence-corrected chi connectivity index (χ3v) is 4.18. The second kappa shape index (κ2) is 8.66. The molecule has 0 saturated heterocycles. The predicted octanol–water partition coefficient (Wildman–Crippen LogP) is 3.78. The summed E-state index contributed by atoms with van der Waals surface area (Å²) in [5, 5.41) is 9.87. The summed E-state index contributed by atoms with van der Waals surface area (Å²) in [6, 6.07) is 17.2. The van der Waals surface area contributed by atoms with E-state index in [1.54, 1.807) is 7.05 Å². The van der Waals surface area contributed by atoms with Gasteiger partial charge in [-0.25, -0.2) is 0 Å². The summed E-state index contributed by atoms with van der Waals surface area (Å²) in [6.07, 6.45) is 1.40. The molecule has 0 saturated carbocycles. The van der Waals surface area contributed by atoms with E-state index in [9.17, 15) is 4.79 Å². The molecule has 2 aromatic carbocycles. The highest BCUT2D eigenvalue weighted by atomic mass is 35.5. The third-order valence-electron chi connectivity index (χ3n) is 3.70. The van der Waals surface area contributed by atoms with Crippen molar-refractivity contribution < 1.29 is 9.53 Å². The number of hydrogen-bond acceptors (Lipinski definition) is 4. The standard InChI is InChI=1S/C19H17ClN4O2S/c1-24-17(16(20)11-21-24)18(25)23-19(27)22-14-7-9-15(10-8-14)26-12-13-5-3-2-4-6-13/h2-11H,12H2,1H3,(H2,22,23,25,27). The fourth-order valence-electron chi connectivity index (χ4n) is 2.37. The molecule has 0 radical (unpaired) electrons. The second-order valence-corrected chi connectivity index (χ2v) is 6.49. The molecule has 0 fully saturated rings. The van der Waals surface area contributed by atoms with Crippen LogP contribution in [0.1, 0.15) is 16.1 Å².